The van der Waals surface area contributed by atoms with E-state index in [0.29, 0.717) is 28.0 Å². The number of benzene rings is 2. The molecule has 2 aromatic rings. The number of guanidine groups is 1. The lowest BCUT2D eigenvalue weighted by Gasteiger charge is -2.22. The molecule has 0 spiro atoms. The molecule has 5 nitrogen and oxygen atoms in total. The number of aliphatic imine (C=N–C) groups is 1. The highest BCUT2D eigenvalue weighted by molar-refractivity contribution is 14.0. The average Bonchev–Trinajstić information content (AvgIpc) is 2.61. The summed E-state index contributed by atoms with van der Waals surface area (Å²) >= 11 is 12.1. The summed E-state index contributed by atoms with van der Waals surface area (Å²) in [4.78, 5) is 6.93. The Morgan fingerprint density at radius 3 is 2.21 bits per heavy atom. The summed E-state index contributed by atoms with van der Waals surface area (Å²) in [7, 11) is -1.25. The van der Waals surface area contributed by atoms with Gasteiger partial charge in [0.2, 0.25) is 0 Å². The zero-order valence-electron chi connectivity index (χ0n) is 15.9. The highest BCUT2D eigenvalue weighted by Crippen LogP contribution is 2.23. The van der Waals surface area contributed by atoms with Crippen LogP contribution in [0, 0.1) is 0 Å². The third kappa shape index (κ3) is 7.42. The molecule has 0 atom stereocenters. The molecule has 0 radical (unpaired) electrons. The molecule has 2 rings (SSSR count). The standard InChI is InChI=1S/C19H23Cl2N3O2S.HI/c1-4-22-19(24(2)13-15-7-10-17(20)18(21)11-15)23-12-14-5-8-16(9-6-14)27(3,25)26;/h5-11H,4,12-13H2,1-3H3,(H,22,23);1H. The van der Waals surface area contributed by atoms with E-state index in [9.17, 15) is 8.42 Å². The first kappa shape index (κ1) is 25.0. The van der Waals surface area contributed by atoms with Gasteiger partial charge in [-0.05, 0) is 42.3 Å². The normalized spacial score (nSPS) is 11.7. The van der Waals surface area contributed by atoms with Gasteiger partial charge in [0, 0.05) is 26.4 Å². The van der Waals surface area contributed by atoms with Crippen molar-refractivity contribution in [2.24, 2.45) is 4.99 Å². The molecule has 0 aromatic heterocycles. The quantitative estimate of drug-likeness (QED) is 0.321. The molecule has 0 bridgehead atoms. The van der Waals surface area contributed by atoms with Crippen LogP contribution < -0.4 is 5.32 Å². The Hall–Kier alpha value is -1.03. The largest absolute Gasteiger partial charge is 0.357 e. The number of nitrogens with zero attached hydrogens (tertiary/aromatic N) is 2. The monoisotopic (exact) mass is 555 g/mol. The van der Waals surface area contributed by atoms with Gasteiger partial charge in [0.05, 0.1) is 21.5 Å². The van der Waals surface area contributed by atoms with Gasteiger partial charge >= 0.3 is 0 Å². The van der Waals surface area contributed by atoms with Crippen molar-refractivity contribution in [3.8, 4) is 0 Å². The summed E-state index contributed by atoms with van der Waals surface area (Å²) in [6, 6.07) is 12.3. The van der Waals surface area contributed by atoms with Gasteiger partial charge in [0.25, 0.3) is 0 Å². The number of sulfone groups is 1. The predicted octanol–water partition coefficient (Wildman–Crippen LogP) is 4.61. The zero-order valence-corrected chi connectivity index (χ0v) is 20.6. The number of hydrogen-bond acceptors (Lipinski definition) is 3. The lowest BCUT2D eigenvalue weighted by molar-refractivity contribution is 0.477. The molecule has 0 saturated heterocycles. The third-order valence-electron chi connectivity index (χ3n) is 3.86. The van der Waals surface area contributed by atoms with E-state index in [1.807, 2.05) is 31.0 Å². The fourth-order valence-electron chi connectivity index (χ4n) is 2.46. The molecular weight excluding hydrogens is 532 g/mol. The lowest BCUT2D eigenvalue weighted by Crippen LogP contribution is -2.38. The van der Waals surface area contributed by atoms with Crippen LogP contribution in [0.4, 0.5) is 0 Å². The van der Waals surface area contributed by atoms with Crippen molar-refractivity contribution in [3.05, 3.63) is 63.6 Å². The van der Waals surface area contributed by atoms with Crippen molar-refractivity contribution in [2.45, 2.75) is 24.9 Å². The Morgan fingerprint density at radius 1 is 1.07 bits per heavy atom. The predicted molar refractivity (Wildman–Crippen MR) is 128 cm³/mol. The average molecular weight is 556 g/mol. The van der Waals surface area contributed by atoms with E-state index in [2.05, 4.69) is 10.3 Å². The van der Waals surface area contributed by atoms with E-state index in [1.54, 1.807) is 30.3 Å². The highest BCUT2D eigenvalue weighted by Gasteiger charge is 2.09. The van der Waals surface area contributed by atoms with Crippen LogP contribution in [0.1, 0.15) is 18.1 Å². The van der Waals surface area contributed by atoms with E-state index in [4.69, 9.17) is 23.2 Å². The summed E-state index contributed by atoms with van der Waals surface area (Å²) in [6.45, 7) is 3.80. The molecule has 0 aliphatic carbocycles. The molecule has 0 aliphatic heterocycles. The van der Waals surface area contributed by atoms with Crippen LogP contribution in [-0.4, -0.2) is 39.1 Å². The van der Waals surface area contributed by atoms with Crippen LogP contribution in [0.25, 0.3) is 0 Å². The van der Waals surface area contributed by atoms with Gasteiger partial charge in [-0.15, -0.1) is 24.0 Å². The van der Waals surface area contributed by atoms with Gasteiger partial charge in [-0.25, -0.2) is 13.4 Å². The summed E-state index contributed by atoms with van der Waals surface area (Å²) in [5.41, 5.74) is 1.95. The Balaban J connectivity index is 0.00000392. The molecule has 0 saturated carbocycles. The van der Waals surface area contributed by atoms with E-state index >= 15 is 0 Å². The second kappa shape index (κ2) is 11.2. The Morgan fingerprint density at radius 2 is 1.68 bits per heavy atom. The molecule has 9 heteroatoms. The molecule has 0 unspecified atom stereocenters. The van der Waals surface area contributed by atoms with Gasteiger partial charge in [0.1, 0.15) is 0 Å². The van der Waals surface area contributed by atoms with Crippen molar-refractivity contribution in [2.75, 3.05) is 19.8 Å². The van der Waals surface area contributed by atoms with Crippen molar-refractivity contribution >= 4 is 63.0 Å². The second-order valence-electron chi connectivity index (χ2n) is 6.19. The van der Waals surface area contributed by atoms with Crippen LogP contribution in [-0.2, 0) is 22.9 Å². The van der Waals surface area contributed by atoms with Crippen molar-refractivity contribution in [3.63, 3.8) is 0 Å². The maximum absolute atomic E-state index is 11.5. The first-order valence-corrected chi connectivity index (χ1v) is 11.1. The van der Waals surface area contributed by atoms with Crippen molar-refractivity contribution in [1.29, 1.82) is 0 Å². The summed E-state index contributed by atoms with van der Waals surface area (Å²) in [6.07, 6.45) is 1.20. The summed E-state index contributed by atoms with van der Waals surface area (Å²) < 4.78 is 23.1. The first-order chi connectivity index (χ1) is 12.7. The van der Waals surface area contributed by atoms with Crippen molar-refractivity contribution < 1.29 is 8.42 Å². The minimum Gasteiger partial charge on any atom is -0.357 e. The molecule has 0 amide bonds. The van der Waals surface area contributed by atoms with Gasteiger partial charge < -0.3 is 10.2 Å². The maximum Gasteiger partial charge on any atom is 0.194 e. The summed E-state index contributed by atoms with van der Waals surface area (Å²) in [5.74, 6) is 0.746. The second-order valence-corrected chi connectivity index (χ2v) is 9.02. The number of rotatable bonds is 6. The smallest absolute Gasteiger partial charge is 0.194 e. The summed E-state index contributed by atoms with van der Waals surface area (Å²) in [5, 5.41) is 4.31. The van der Waals surface area contributed by atoms with E-state index < -0.39 is 9.84 Å². The van der Waals surface area contributed by atoms with E-state index in [1.165, 1.54) is 6.26 Å². The van der Waals surface area contributed by atoms with E-state index in [0.717, 1.165) is 23.6 Å². The van der Waals surface area contributed by atoms with Gasteiger partial charge in [-0.1, -0.05) is 41.4 Å². The van der Waals surface area contributed by atoms with Crippen molar-refractivity contribution in [1.82, 2.24) is 10.2 Å². The molecule has 28 heavy (non-hydrogen) atoms. The van der Waals surface area contributed by atoms with Gasteiger partial charge in [-0.2, -0.15) is 0 Å². The van der Waals surface area contributed by atoms with E-state index in [-0.39, 0.29) is 24.0 Å². The Bertz CT molecular complexity index is 919. The number of hydrogen-bond donors (Lipinski definition) is 1. The van der Waals surface area contributed by atoms with Gasteiger partial charge in [0.15, 0.2) is 15.8 Å². The highest BCUT2D eigenvalue weighted by atomic mass is 127. The third-order valence-corrected chi connectivity index (χ3v) is 5.73. The van der Waals surface area contributed by atoms with Crippen LogP contribution in [0.5, 0.6) is 0 Å². The fourth-order valence-corrected chi connectivity index (χ4v) is 3.42. The Kier molecular flexibility index (Phi) is 10.0. The minimum absolute atomic E-state index is 0. The minimum atomic E-state index is -3.19. The topological polar surface area (TPSA) is 61.8 Å². The maximum atomic E-state index is 11.5. The zero-order chi connectivity index (χ0) is 20.0. The van der Waals surface area contributed by atoms with Gasteiger partial charge in [-0.3, -0.25) is 0 Å². The fraction of sp³-hybridized carbons (Fsp3) is 0.316. The molecular formula is C19H24Cl2IN3O2S. The molecule has 1 N–H and O–H groups in total. The number of nitrogens with one attached hydrogen (secondary N) is 1. The van der Waals surface area contributed by atoms with Crippen LogP contribution in [0.3, 0.4) is 0 Å². The Labute approximate surface area is 194 Å². The SMILES string of the molecule is CCNC(=NCc1ccc(S(C)(=O)=O)cc1)N(C)Cc1ccc(Cl)c(Cl)c1.I. The molecule has 0 aliphatic rings. The van der Waals surface area contributed by atoms with Crippen LogP contribution >= 0.6 is 47.2 Å². The molecule has 0 heterocycles. The first-order valence-electron chi connectivity index (χ1n) is 8.43. The lowest BCUT2D eigenvalue weighted by atomic mass is 10.2. The molecule has 154 valence electrons. The van der Waals surface area contributed by atoms with Crippen LogP contribution in [0.2, 0.25) is 10.0 Å². The molecule has 2 aromatic carbocycles. The molecule has 0 fully saturated rings. The number of halogens is 3. The van der Waals surface area contributed by atoms with Crippen LogP contribution in [0.15, 0.2) is 52.4 Å².